The highest BCUT2D eigenvalue weighted by molar-refractivity contribution is 7.13. The van der Waals surface area contributed by atoms with Gasteiger partial charge in [0.15, 0.2) is 10.9 Å². The third-order valence-corrected chi connectivity index (χ3v) is 5.37. The molecule has 0 radical (unpaired) electrons. The molecule has 0 spiro atoms. The Morgan fingerprint density at radius 1 is 1.39 bits per heavy atom. The number of anilines is 1. The zero-order valence-electron chi connectivity index (χ0n) is 16.2. The normalized spacial score (nSPS) is 18.9. The fraction of sp³-hybridized carbons (Fsp3) is 0.556. The van der Waals surface area contributed by atoms with E-state index < -0.39 is 0 Å². The standard InChI is InChI=1S/C18H25N5O4S/c1-10(2)20-18(25)27-12-5-4-11(6-12)13-7-14(23-22-13)21-15(24)8-16-19-9-17(26-3)28-16/h7,9-12H,4-6,8H2,1-3H3,(H,20,25)(H2,21,22,23,24). The van der Waals surface area contributed by atoms with Gasteiger partial charge in [0.1, 0.15) is 11.1 Å². The molecule has 0 bridgehead atoms. The van der Waals surface area contributed by atoms with Gasteiger partial charge in [-0.1, -0.05) is 11.3 Å². The summed E-state index contributed by atoms with van der Waals surface area (Å²) < 4.78 is 10.5. The van der Waals surface area contributed by atoms with E-state index in [2.05, 4.69) is 25.8 Å². The number of amides is 2. The van der Waals surface area contributed by atoms with Crippen LogP contribution in [0, 0.1) is 0 Å². The lowest BCUT2D eigenvalue weighted by Gasteiger charge is -2.14. The highest BCUT2D eigenvalue weighted by Gasteiger charge is 2.30. The van der Waals surface area contributed by atoms with Crippen molar-refractivity contribution in [3.8, 4) is 5.06 Å². The van der Waals surface area contributed by atoms with Gasteiger partial charge in [-0.2, -0.15) is 5.10 Å². The van der Waals surface area contributed by atoms with Crippen molar-refractivity contribution in [2.75, 3.05) is 12.4 Å². The second-order valence-corrected chi connectivity index (χ2v) is 8.12. The Kier molecular flexibility index (Phi) is 6.50. The van der Waals surface area contributed by atoms with Crippen molar-refractivity contribution in [1.29, 1.82) is 0 Å². The molecule has 28 heavy (non-hydrogen) atoms. The predicted octanol–water partition coefficient (Wildman–Crippen LogP) is 2.83. The zero-order valence-corrected chi connectivity index (χ0v) is 17.0. The van der Waals surface area contributed by atoms with E-state index in [4.69, 9.17) is 9.47 Å². The van der Waals surface area contributed by atoms with Gasteiger partial charge in [-0.3, -0.25) is 9.89 Å². The molecule has 152 valence electrons. The molecule has 1 saturated carbocycles. The molecule has 9 nitrogen and oxygen atoms in total. The number of ether oxygens (including phenoxy) is 2. The van der Waals surface area contributed by atoms with Crippen LogP contribution >= 0.6 is 11.3 Å². The summed E-state index contributed by atoms with van der Waals surface area (Å²) in [5.74, 6) is 0.511. The number of H-pyrrole nitrogens is 1. The van der Waals surface area contributed by atoms with E-state index in [9.17, 15) is 9.59 Å². The predicted molar refractivity (Wildman–Crippen MR) is 105 cm³/mol. The number of nitrogens with zero attached hydrogens (tertiary/aromatic N) is 2. The van der Waals surface area contributed by atoms with E-state index in [0.717, 1.165) is 25.0 Å². The molecule has 0 aliphatic heterocycles. The molecule has 2 aromatic rings. The lowest BCUT2D eigenvalue weighted by atomic mass is 10.0. The molecule has 2 heterocycles. The summed E-state index contributed by atoms with van der Waals surface area (Å²) in [6, 6.07) is 1.88. The van der Waals surface area contributed by atoms with Crippen LogP contribution in [0.2, 0.25) is 0 Å². The average molecular weight is 407 g/mol. The monoisotopic (exact) mass is 407 g/mol. The molecular weight excluding hydrogens is 382 g/mol. The Labute approximate surface area is 167 Å². The summed E-state index contributed by atoms with van der Waals surface area (Å²) in [7, 11) is 1.57. The van der Waals surface area contributed by atoms with Gasteiger partial charge < -0.3 is 20.1 Å². The maximum Gasteiger partial charge on any atom is 0.407 e. The SMILES string of the molecule is COc1cnc(CC(=O)Nc2cc(C3CCC(OC(=O)NC(C)C)C3)[nH]n2)s1. The lowest BCUT2D eigenvalue weighted by Crippen LogP contribution is -2.33. The quantitative estimate of drug-likeness (QED) is 0.649. The van der Waals surface area contributed by atoms with E-state index in [1.165, 1.54) is 11.3 Å². The van der Waals surface area contributed by atoms with Crippen LogP contribution in [0.5, 0.6) is 5.06 Å². The number of thiazole rings is 1. The summed E-state index contributed by atoms with van der Waals surface area (Å²) in [5, 5.41) is 14.0. The molecule has 1 aliphatic rings. The lowest BCUT2D eigenvalue weighted by molar-refractivity contribution is -0.115. The summed E-state index contributed by atoms with van der Waals surface area (Å²) >= 11 is 1.34. The molecule has 2 amide bonds. The van der Waals surface area contributed by atoms with Gasteiger partial charge in [-0.15, -0.1) is 0 Å². The van der Waals surface area contributed by atoms with Gasteiger partial charge in [0.2, 0.25) is 5.91 Å². The average Bonchev–Trinajstić information content (AvgIpc) is 3.34. The van der Waals surface area contributed by atoms with Crippen molar-refractivity contribution in [1.82, 2.24) is 20.5 Å². The Bertz CT molecular complexity index is 819. The van der Waals surface area contributed by atoms with E-state index >= 15 is 0 Å². The third-order valence-electron chi connectivity index (χ3n) is 4.42. The maximum atomic E-state index is 12.2. The number of aromatic nitrogens is 3. The van der Waals surface area contributed by atoms with E-state index in [1.807, 2.05) is 19.9 Å². The Morgan fingerprint density at radius 2 is 2.21 bits per heavy atom. The number of hydrogen-bond acceptors (Lipinski definition) is 7. The zero-order chi connectivity index (χ0) is 20.1. The first kappa shape index (κ1) is 20.1. The Morgan fingerprint density at radius 3 is 2.93 bits per heavy atom. The minimum atomic E-state index is -0.378. The molecule has 0 aromatic carbocycles. The van der Waals surface area contributed by atoms with Gasteiger partial charge in [-0.05, 0) is 33.1 Å². The fourth-order valence-electron chi connectivity index (χ4n) is 3.15. The van der Waals surface area contributed by atoms with Crippen molar-refractivity contribution in [3.05, 3.63) is 23.0 Å². The minimum Gasteiger partial charge on any atom is -0.486 e. The topological polar surface area (TPSA) is 118 Å². The first-order valence-corrected chi connectivity index (χ1v) is 10.1. The van der Waals surface area contributed by atoms with Gasteiger partial charge in [0.25, 0.3) is 0 Å². The highest BCUT2D eigenvalue weighted by atomic mass is 32.1. The molecule has 0 saturated heterocycles. The number of hydrogen-bond donors (Lipinski definition) is 3. The van der Waals surface area contributed by atoms with Crippen LogP contribution in [-0.2, 0) is 16.0 Å². The Hall–Kier alpha value is -2.62. The number of rotatable bonds is 7. The molecule has 1 aliphatic carbocycles. The number of carbonyl (C=O) groups is 2. The fourth-order valence-corrected chi connectivity index (χ4v) is 3.88. The van der Waals surface area contributed by atoms with Crippen molar-refractivity contribution in [2.24, 2.45) is 0 Å². The van der Waals surface area contributed by atoms with E-state index in [-0.39, 0.29) is 36.5 Å². The maximum absolute atomic E-state index is 12.2. The number of methoxy groups -OCH3 is 1. The molecule has 2 unspecified atom stereocenters. The van der Waals surface area contributed by atoms with Crippen LogP contribution in [0.4, 0.5) is 10.6 Å². The number of carbonyl (C=O) groups excluding carboxylic acids is 2. The van der Waals surface area contributed by atoms with Crippen LogP contribution in [0.25, 0.3) is 0 Å². The first-order valence-electron chi connectivity index (χ1n) is 9.24. The second-order valence-electron chi connectivity index (χ2n) is 7.05. The highest BCUT2D eigenvalue weighted by Crippen LogP contribution is 2.35. The number of aromatic amines is 1. The molecule has 3 rings (SSSR count). The molecule has 10 heteroatoms. The van der Waals surface area contributed by atoms with Crippen LogP contribution in [-0.4, -0.2) is 46.4 Å². The smallest absolute Gasteiger partial charge is 0.407 e. The van der Waals surface area contributed by atoms with Gasteiger partial charge in [0.05, 0.1) is 19.7 Å². The van der Waals surface area contributed by atoms with Gasteiger partial charge in [-0.25, -0.2) is 9.78 Å². The van der Waals surface area contributed by atoms with E-state index in [0.29, 0.717) is 15.9 Å². The summed E-state index contributed by atoms with van der Waals surface area (Å²) in [5.41, 5.74) is 0.932. The van der Waals surface area contributed by atoms with E-state index in [1.54, 1.807) is 13.3 Å². The van der Waals surface area contributed by atoms with Crippen LogP contribution in [0.1, 0.15) is 49.7 Å². The van der Waals surface area contributed by atoms with Crippen LogP contribution in [0.3, 0.4) is 0 Å². The Balaban J connectivity index is 1.48. The van der Waals surface area contributed by atoms with Crippen LogP contribution < -0.4 is 15.4 Å². The molecule has 1 fully saturated rings. The second kappa shape index (κ2) is 9.05. The first-order chi connectivity index (χ1) is 13.4. The van der Waals surface area contributed by atoms with Crippen molar-refractivity contribution in [2.45, 2.75) is 57.6 Å². The summed E-state index contributed by atoms with van der Waals surface area (Å²) in [6.07, 6.45) is 3.72. The number of nitrogens with one attached hydrogen (secondary N) is 3. The molecular formula is C18H25N5O4S. The van der Waals surface area contributed by atoms with Gasteiger partial charge >= 0.3 is 6.09 Å². The molecule has 2 aromatic heterocycles. The molecule has 2 atom stereocenters. The largest absolute Gasteiger partial charge is 0.486 e. The minimum absolute atomic E-state index is 0.0499. The van der Waals surface area contributed by atoms with Crippen molar-refractivity contribution < 1.29 is 19.1 Å². The summed E-state index contributed by atoms with van der Waals surface area (Å²) in [6.45, 7) is 3.79. The molecule has 3 N–H and O–H groups in total. The number of alkyl carbamates (subject to hydrolysis) is 1. The van der Waals surface area contributed by atoms with Crippen molar-refractivity contribution in [3.63, 3.8) is 0 Å². The summed E-state index contributed by atoms with van der Waals surface area (Å²) in [4.78, 5) is 28.0. The van der Waals surface area contributed by atoms with Crippen molar-refractivity contribution >= 4 is 29.2 Å². The van der Waals surface area contributed by atoms with Crippen LogP contribution in [0.15, 0.2) is 12.3 Å². The van der Waals surface area contributed by atoms with Gasteiger partial charge in [0, 0.05) is 23.7 Å². The third kappa shape index (κ3) is 5.44.